The topological polar surface area (TPSA) is 55.3 Å². The van der Waals surface area contributed by atoms with Crippen molar-refractivity contribution in [3.63, 3.8) is 0 Å². The van der Waals surface area contributed by atoms with Gasteiger partial charge in [0.15, 0.2) is 0 Å². The minimum Gasteiger partial charge on any atom is -0.376 e. The highest BCUT2D eigenvalue weighted by molar-refractivity contribution is 6.42. The van der Waals surface area contributed by atoms with Crippen LogP contribution in [0.25, 0.3) is 0 Å². The van der Waals surface area contributed by atoms with Gasteiger partial charge in [-0.2, -0.15) is 10.2 Å². The van der Waals surface area contributed by atoms with Crippen molar-refractivity contribution in [1.82, 2.24) is 10.2 Å². The van der Waals surface area contributed by atoms with Crippen molar-refractivity contribution >= 4 is 34.8 Å². The van der Waals surface area contributed by atoms with E-state index in [1.807, 2.05) is 0 Å². The van der Waals surface area contributed by atoms with Crippen molar-refractivity contribution < 1.29 is 9.53 Å². The summed E-state index contributed by atoms with van der Waals surface area (Å²) in [5, 5.41) is 8.56. The van der Waals surface area contributed by atoms with Crippen LogP contribution in [0.15, 0.2) is 36.7 Å². The Balaban J connectivity index is 1.78. The van der Waals surface area contributed by atoms with Crippen LogP contribution in [0.5, 0.6) is 0 Å². The normalized spacial score (nSPS) is 17.0. The van der Waals surface area contributed by atoms with E-state index in [1.165, 1.54) is 0 Å². The fraction of sp³-hybridized carbons (Fsp3) is 0.353. The van der Waals surface area contributed by atoms with Crippen molar-refractivity contribution in [3.8, 4) is 0 Å². The van der Waals surface area contributed by atoms with Gasteiger partial charge in [0.1, 0.15) is 0 Å². The highest BCUT2D eigenvalue weighted by Crippen LogP contribution is 2.24. The van der Waals surface area contributed by atoms with E-state index in [2.05, 4.69) is 10.2 Å². The average molecular weight is 366 g/mol. The number of carbonyl (C=O) groups is 1. The molecule has 126 valence electrons. The number of anilines is 1. The molecule has 7 heteroatoms. The highest BCUT2D eigenvalue weighted by atomic mass is 35.5. The number of hydrogen-bond donors (Lipinski definition) is 0. The molecule has 0 N–H and O–H groups in total. The molecule has 2 aromatic rings. The van der Waals surface area contributed by atoms with Crippen molar-refractivity contribution in [2.75, 3.05) is 18.1 Å². The predicted octanol–water partition coefficient (Wildman–Crippen LogP) is 3.54. The number of amides is 1. The molecule has 1 aliphatic rings. The Hall–Kier alpha value is -1.69. The summed E-state index contributed by atoms with van der Waals surface area (Å²) in [6.45, 7) is 1.25. The van der Waals surface area contributed by atoms with Gasteiger partial charge in [0, 0.05) is 6.61 Å². The lowest BCUT2D eigenvalue weighted by atomic mass is 10.1. The largest absolute Gasteiger partial charge is 0.376 e. The van der Waals surface area contributed by atoms with E-state index in [1.54, 1.807) is 41.6 Å². The van der Waals surface area contributed by atoms with Gasteiger partial charge in [-0.25, -0.2) is 0 Å². The van der Waals surface area contributed by atoms with E-state index in [4.69, 9.17) is 27.9 Å². The number of halogens is 2. The van der Waals surface area contributed by atoms with Gasteiger partial charge < -0.3 is 9.64 Å². The van der Waals surface area contributed by atoms with Crippen LogP contribution >= 0.6 is 23.2 Å². The fourth-order valence-electron chi connectivity index (χ4n) is 2.71. The smallest absolute Gasteiger partial charge is 0.231 e. The molecule has 3 rings (SSSR count). The van der Waals surface area contributed by atoms with Crippen LogP contribution in [0.1, 0.15) is 18.4 Å². The summed E-state index contributed by atoms with van der Waals surface area (Å²) >= 11 is 12.0. The first-order valence-electron chi connectivity index (χ1n) is 7.76. The number of carbonyl (C=O) groups excluding carboxylic acids is 1. The second kappa shape index (κ2) is 7.92. The molecule has 0 bridgehead atoms. The first-order valence-corrected chi connectivity index (χ1v) is 8.51. The summed E-state index contributed by atoms with van der Waals surface area (Å²) < 4.78 is 5.67. The number of ether oxygens (including phenoxy) is 1. The maximum absolute atomic E-state index is 12.8. The maximum Gasteiger partial charge on any atom is 0.231 e. The van der Waals surface area contributed by atoms with Gasteiger partial charge in [0.05, 0.1) is 47.2 Å². The van der Waals surface area contributed by atoms with Crippen LogP contribution in [-0.2, 0) is 16.0 Å². The zero-order chi connectivity index (χ0) is 16.9. The molecular weight excluding hydrogens is 349 g/mol. The Kier molecular flexibility index (Phi) is 5.66. The third-order valence-electron chi connectivity index (χ3n) is 3.93. The summed E-state index contributed by atoms with van der Waals surface area (Å²) in [7, 11) is 0. The molecule has 1 amide bonds. The lowest BCUT2D eigenvalue weighted by Crippen LogP contribution is -2.38. The second-order valence-corrected chi connectivity index (χ2v) is 6.48. The first kappa shape index (κ1) is 17.1. The minimum absolute atomic E-state index is 0.0445. The van der Waals surface area contributed by atoms with Crippen LogP contribution in [0, 0.1) is 0 Å². The molecule has 0 spiro atoms. The average Bonchev–Trinajstić information content (AvgIpc) is 3.10. The van der Waals surface area contributed by atoms with Crippen molar-refractivity contribution in [2.45, 2.75) is 25.4 Å². The lowest BCUT2D eigenvalue weighted by Gasteiger charge is -2.25. The van der Waals surface area contributed by atoms with Crippen LogP contribution < -0.4 is 4.90 Å². The molecule has 0 saturated carbocycles. The van der Waals surface area contributed by atoms with Crippen molar-refractivity contribution in [3.05, 3.63) is 52.3 Å². The number of nitrogens with zero attached hydrogens (tertiary/aromatic N) is 3. The molecular formula is C17H17Cl2N3O2. The number of aromatic nitrogens is 2. The number of benzene rings is 1. The van der Waals surface area contributed by atoms with Crippen LogP contribution in [0.4, 0.5) is 5.69 Å². The molecule has 1 atom stereocenters. The van der Waals surface area contributed by atoms with E-state index in [0.29, 0.717) is 22.3 Å². The van der Waals surface area contributed by atoms with Crippen LogP contribution in [0.3, 0.4) is 0 Å². The summed E-state index contributed by atoms with van der Waals surface area (Å²) in [6, 6.07) is 7.00. The van der Waals surface area contributed by atoms with E-state index in [9.17, 15) is 4.79 Å². The molecule has 5 nitrogen and oxygen atoms in total. The molecule has 24 heavy (non-hydrogen) atoms. The van der Waals surface area contributed by atoms with Gasteiger partial charge in [-0.1, -0.05) is 29.3 Å². The van der Waals surface area contributed by atoms with E-state index < -0.39 is 0 Å². The summed E-state index contributed by atoms with van der Waals surface area (Å²) in [5.74, 6) is -0.0445. The molecule has 1 unspecified atom stereocenters. The molecule has 0 aliphatic carbocycles. The third-order valence-corrected chi connectivity index (χ3v) is 4.67. The quantitative estimate of drug-likeness (QED) is 0.812. The van der Waals surface area contributed by atoms with Gasteiger partial charge in [0.2, 0.25) is 5.91 Å². The highest BCUT2D eigenvalue weighted by Gasteiger charge is 2.24. The van der Waals surface area contributed by atoms with Gasteiger partial charge in [-0.05, 0) is 36.6 Å². The van der Waals surface area contributed by atoms with Crippen LogP contribution in [0.2, 0.25) is 10.0 Å². The Morgan fingerprint density at radius 1 is 1.25 bits per heavy atom. The van der Waals surface area contributed by atoms with Gasteiger partial charge in [0.25, 0.3) is 0 Å². The van der Waals surface area contributed by atoms with E-state index >= 15 is 0 Å². The molecule has 1 fully saturated rings. The number of rotatable bonds is 5. The Morgan fingerprint density at radius 3 is 2.79 bits per heavy atom. The molecule has 0 radical (unpaired) electrons. The zero-order valence-electron chi connectivity index (χ0n) is 13.0. The molecule has 1 aromatic carbocycles. The van der Waals surface area contributed by atoms with Crippen molar-refractivity contribution in [1.29, 1.82) is 0 Å². The van der Waals surface area contributed by atoms with Gasteiger partial charge in [-0.15, -0.1) is 0 Å². The van der Waals surface area contributed by atoms with Crippen LogP contribution in [-0.4, -0.2) is 35.4 Å². The molecule has 1 aromatic heterocycles. The zero-order valence-corrected chi connectivity index (χ0v) is 14.5. The van der Waals surface area contributed by atoms with Gasteiger partial charge >= 0.3 is 0 Å². The summed E-state index contributed by atoms with van der Waals surface area (Å²) in [5.41, 5.74) is 1.53. The monoisotopic (exact) mass is 365 g/mol. The first-order chi connectivity index (χ1) is 11.6. The Labute approximate surface area is 150 Å². The fourth-order valence-corrected chi connectivity index (χ4v) is 3.03. The summed E-state index contributed by atoms with van der Waals surface area (Å²) in [6.07, 6.45) is 5.41. The Bertz CT molecular complexity index is 706. The predicted molar refractivity (Wildman–Crippen MR) is 93.5 cm³/mol. The van der Waals surface area contributed by atoms with E-state index in [0.717, 1.165) is 25.0 Å². The SMILES string of the molecule is O=C(Cc1ccc(Cl)c(Cl)c1)N(CC1CCCO1)c1ccnnc1. The Morgan fingerprint density at radius 2 is 2.12 bits per heavy atom. The van der Waals surface area contributed by atoms with Gasteiger partial charge in [-0.3, -0.25) is 4.79 Å². The maximum atomic E-state index is 12.8. The van der Waals surface area contributed by atoms with Crippen molar-refractivity contribution in [2.24, 2.45) is 0 Å². The standard InChI is InChI=1S/C17H17Cl2N3O2/c18-15-4-3-12(8-16(15)19)9-17(23)22(11-14-2-1-7-24-14)13-5-6-20-21-10-13/h3-6,8,10,14H,1-2,7,9,11H2. The second-order valence-electron chi connectivity index (χ2n) is 5.67. The lowest BCUT2D eigenvalue weighted by molar-refractivity contribution is -0.118. The molecule has 1 aliphatic heterocycles. The number of hydrogen-bond acceptors (Lipinski definition) is 4. The molecule has 2 heterocycles. The van der Waals surface area contributed by atoms with E-state index in [-0.39, 0.29) is 18.4 Å². The summed E-state index contributed by atoms with van der Waals surface area (Å²) in [4.78, 5) is 14.5. The molecule has 1 saturated heterocycles. The third kappa shape index (κ3) is 4.23. The minimum atomic E-state index is -0.0445.